The Morgan fingerprint density at radius 2 is 0.952 bits per heavy atom. The van der Waals surface area contributed by atoms with Crippen LogP contribution >= 0.6 is 0 Å². The lowest BCUT2D eigenvalue weighted by atomic mass is 10.0. The molecule has 1 heterocycles. The van der Waals surface area contributed by atoms with Gasteiger partial charge >= 0.3 is 0 Å². The van der Waals surface area contributed by atoms with Gasteiger partial charge in [-0.1, -0.05) is 72.8 Å². The van der Waals surface area contributed by atoms with Crippen molar-refractivity contribution >= 4 is 21.5 Å². The number of fused-ring (bicyclic) bond motifs is 3. The van der Waals surface area contributed by atoms with Gasteiger partial charge in [-0.15, -0.1) is 0 Å². The molecule has 1 nitrogen and oxygen atoms in total. The van der Waals surface area contributed by atoms with E-state index >= 15 is 0 Å². The van der Waals surface area contributed by atoms with Crippen molar-refractivity contribution in [1.29, 1.82) is 0 Å². The van der Waals surface area contributed by atoms with Gasteiger partial charge in [0.15, 0.2) is 0 Å². The third kappa shape index (κ3) is 3.21. The van der Waals surface area contributed by atoms with Crippen LogP contribution in [-0.2, 0) is 0 Å². The van der Waals surface area contributed by atoms with Crippen molar-refractivity contribution in [2.75, 3.05) is 0 Å². The Balaban J connectivity index is 0.000000160. The molecule has 102 valence electrons. The van der Waals surface area contributed by atoms with E-state index in [9.17, 15) is 0 Å². The Hall–Kier alpha value is -2.80. The van der Waals surface area contributed by atoms with Crippen molar-refractivity contribution in [3.05, 3.63) is 97.4 Å². The standard InChI is InChI=1S/C14H10.C6H7N/c1-3-7-13-11(5-1)9-10-12-6-2-4-8-14(12)13;1-2-4-6-7-5-3-1/h1-10H;1-7H. The maximum Gasteiger partial charge on any atom is 0.000442 e. The molecule has 0 radical (unpaired) electrons. The van der Waals surface area contributed by atoms with Crippen molar-refractivity contribution in [1.82, 2.24) is 5.32 Å². The van der Waals surface area contributed by atoms with E-state index in [1.807, 2.05) is 36.7 Å². The van der Waals surface area contributed by atoms with Crippen molar-refractivity contribution in [2.45, 2.75) is 0 Å². The fourth-order valence-corrected chi connectivity index (χ4v) is 2.36. The lowest BCUT2D eigenvalue weighted by Crippen LogP contribution is -1.87. The molecule has 0 saturated heterocycles. The third-order valence-electron chi connectivity index (χ3n) is 3.37. The maximum atomic E-state index is 2.92. The van der Waals surface area contributed by atoms with Crippen LogP contribution in [0.5, 0.6) is 0 Å². The lowest BCUT2D eigenvalue weighted by Gasteiger charge is -2.02. The highest BCUT2D eigenvalue weighted by atomic mass is 14.8. The minimum absolute atomic E-state index is 1.31. The predicted molar refractivity (Wildman–Crippen MR) is 92.0 cm³/mol. The molecule has 0 spiro atoms. The lowest BCUT2D eigenvalue weighted by molar-refractivity contribution is 1.20. The molecule has 0 bridgehead atoms. The third-order valence-corrected chi connectivity index (χ3v) is 3.37. The minimum atomic E-state index is 1.31. The van der Waals surface area contributed by atoms with Gasteiger partial charge in [0.25, 0.3) is 0 Å². The van der Waals surface area contributed by atoms with Crippen LogP contribution in [-0.4, -0.2) is 0 Å². The molecule has 1 aliphatic heterocycles. The monoisotopic (exact) mass is 271 g/mol. The molecule has 0 saturated carbocycles. The second-order valence-corrected chi connectivity index (χ2v) is 4.78. The maximum absolute atomic E-state index is 2.92. The van der Waals surface area contributed by atoms with Crippen LogP contribution in [0.15, 0.2) is 97.4 Å². The molecule has 0 atom stereocenters. The Morgan fingerprint density at radius 1 is 0.476 bits per heavy atom. The van der Waals surface area contributed by atoms with Gasteiger partial charge in [-0.2, -0.15) is 0 Å². The van der Waals surface area contributed by atoms with Crippen LogP contribution in [0.25, 0.3) is 21.5 Å². The molecule has 0 aliphatic carbocycles. The average molecular weight is 271 g/mol. The summed E-state index contributed by atoms with van der Waals surface area (Å²) in [5.41, 5.74) is 0. The molecule has 3 aromatic carbocycles. The van der Waals surface area contributed by atoms with Crippen molar-refractivity contribution < 1.29 is 0 Å². The summed E-state index contributed by atoms with van der Waals surface area (Å²) >= 11 is 0. The molecular formula is C20H17N. The summed E-state index contributed by atoms with van der Waals surface area (Å²) in [6.45, 7) is 0. The van der Waals surface area contributed by atoms with Crippen molar-refractivity contribution in [2.24, 2.45) is 0 Å². The number of rotatable bonds is 0. The van der Waals surface area contributed by atoms with Gasteiger partial charge in [0.2, 0.25) is 0 Å². The molecule has 1 N–H and O–H groups in total. The molecule has 0 amide bonds. The van der Waals surface area contributed by atoms with E-state index in [0.29, 0.717) is 0 Å². The molecule has 0 fully saturated rings. The van der Waals surface area contributed by atoms with Crippen LogP contribution < -0.4 is 5.32 Å². The fourth-order valence-electron chi connectivity index (χ4n) is 2.36. The Bertz CT molecular complexity index is 756. The number of benzene rings is 3. The highest BCUT2D eigenvalue weighted by Gasteiger charge is 1.97. The van der Waals surface area contributed by atoms with E-state index in [-0.39, 0.29) is 0 Å². The van der Waals surface area contributed by atoms with Gasteiger partial charge in [-0.3, -0.25) is 0 Å². The first-order valence-corrected chi connectivity index (χ1v) is 7.06. The summed E-state index contributed by atoms with van der Waals surface area (Å²) in [6.07, 6.45) is 11.6. The van der Waals surface area contributed by atoms with Gasteiger partial charge in [-0.05, 0) is 33.7 Å². The molecule has 3 aromatic rings. The first-order valence-electron chi connectivity index (χ1n) is 7.06. The molecule has 0 unspecified atom stereocenters. The van der Waals surface area contributed by atoms with E-state index < -0.39 is 0 Å². The molecule has 21 heavy (non-hydrogen) atoms. The van der Waals surface area contributed by atoms with Gasteiger partial charge in [0, 0.05) is 12.4 Å². The summed E-state index contributed by atoms with van der Waals surface area (Å²) in [6, 6.07) is 21.4. The zero-order valence-corrected chi connectivity index (χ0v) is 11.7. The first-order chi connectivity index (χ1) is 10.4. The second kappa shape index (κ2) is 6.58. The van der Waals surface area contributed by atoms with E-state index in [1.54, 1.807) is 0 Å². The van der Waals surface area contributed by atoms with Crippen LogP contribution in [0.2, 0.25) is 0 Å². The van der Waals surface area contributed by atoms with E-state index in [0.717, 1.165) is 0 Å². The van der Waals surface area contributed by atoms with Crippen LogP contribution in [0.1, 0.15) is 0 Å². The molecular weight excluding hydrogens is 254 g/mol. The Morgan fingerprint density at radius 3 is 1.48 bits per heavy atom. The number of nitrogens with one attached hydrogen (secondary N) is 1. The largest absolute Gasteiger partial charge is 0.368 e. The van der Waals surface area contributed by atoms with Crippen LogP contribution in [0.3, 0.4) is 0 Å². The van der Waals surface area contributed by atoms with Gasteiger partial charge in [-0.25, -0.2) is 0 Å². The predicted octanol–water partition coefficient (Wildman–Crippen LogP) is 5.17. The number of hydrogen-bond acceptors (Lipinski definition) is 1. The summed E-state index contributed by atoms with van der Waals surface area (Å²) in [4.78, 5) is 0. The fraction of sp³-hybridized carbons (Fsp3) is 0. The molecule has 1 heteroatoms. The molecule has 4 rings (SSSR count). The summed E-state index contributed by atoms with van der Waals surface area (Å²) in [7, 11) is 0. The topological polar surface area (TPSA) is 12.0 Å². The zero-order chi connectivity index (χ0) is 14.3. The summed E-state index contributed by atoms with van der Waals surface area (Å²) in [5.74, 6) is 0. The number of hydrogen-bond donors (Lipinski definition) is 1. The summed E-state index contributed by atoms with van der Waals surface area (Å²) < 4.78 is 0. The van der Waals surface area contributed by atoms with Crippen molar-refractivity contribution in [3.8, 4) is 0 Å². The molecule has 0 aromatic heterocycles. The zero-order valence-electron chi connectivity index (χ0n) is 11.7. The van der Waals surface area contributed by atoms with Gasteiger partial charge < -0.3 is 5.32 Å². The van der Waals surface area contributed by atoms with Crippen LogP contribution in [0.4, 0.5) is 0 Å². The Kier molecular flexibility index (Phi) is 4.13. The average Bonchev–Trinajstić information content (AvgIpc) is 2.88. The van der Waals surface area contributed by atoms with Gasteiger partial charge in [0.1, 0.15) is 0 Å². The van der Waals surface area contributed by atoms with Crippen LogP contribution in [0, 0.1) is 0 Å². The van der Waals surface area contributed by atoms with Gasteiger partial charge in [0.05, 0.1) is 0 Å². The smallest absolute Gasteiger partial charge is 0.000442 e. The second-order valence-electron chi connectivity index (χ2n) is 4.78. The normalized spacial score (nSPS) is 12.6. The Labute approximate surface area is 124 Å². The summed E-state index contributed by atoms with van der Waals surface area (Å²) in [5, 5.41) is 8.22. The minimum Gasteiger partial charge on any atom is -0.368 e. The quantitative estimate of drug-likeness (QED) is 0.556. The van der Waals surface area contributed by atoms with E-state index in [4.69, 9.17) is 0 Å². The first kappa shape index (κ1) is 13.2. The van der Waals surface area contributed by atoms with E-state index in [2.05, 4.69) is 66.0 Å². The van der Waals surface area contributed by atoms with E-state index in [1.165, 1.54) is 21.5 Å². The highest BCUT2D eigenvalue weighted by molar-refractivity contribution is 6.07. The van der Waals surface area contributed by atoms with Crippen molar-refractivity contribution in [3.63, 3.8) is 0 Å². The number of allylic oxidation sites excluding steroid dienone is 4. The highest BCUT2D eigenvalue weighted by Crippen LogP contribution is 2.24. The SMILES string of the molecule is C1=CC=CNC=C1.c1ccc2c(c1)ccc1ccccc12. The molecule has 1 aliphatic rings.